The van der Waals surface area contributed by atoms with Crippen molar-refractivity contribution in [3.05, 3.63) is 53.8 Å². The van der Waals surface area contributed by atoms with E-state index in [4.69, 9.17) is 0 Å². The lowest BCUT2D eigenvalue weighted by molar-refractivity contribution is -0.136. The molecule has 0 heterocycles. The van der Waals surface area contributed by atoms with Crippen LogP contribution >= 0.6 is 0 Å². The second-order valence-electron chi connectivity index (χ2n) is 2.81. The molecule has 72 valence electrons. The number of esters is 1. The van der Waals surface area contributed by atoms with Crippen LogP contribution in [-0.4, -0.2) is 13.1 Å². The molecule has 0 unspecified atom stereocenters. The van der Waals surface area contributed by atoms with E-state index in [2.05, 4.69) is 17.0 Å². The van der Waals surface area contributed by atoms with Crippen LogP contribution in [0.4, 0.5) is 0 Å². The molecule has 1 rings (SSSR count). The van der Waals surface area contributed by atoms with E-state index in [9.17, 15) is 4.79 Å². The largest absolute Gasteiger partial charge is 0.465 e. The minimum atomic E-state index is -0.371. The molecule has 0 aliphatic heterocycles. The maximum Gasteiger partial charge on any atom is 0.341 e. The molecular formula is C12H12O2. The molecular weight excluding hydrogens is 176 g/mol. The standard InChI is InChI=1S/C12H12O2/c1-3-11(12(13)14-2)9-10-7-5-4-6-8-10/h4-8H,1,9H2,2H3. The van der Waals surface area contributed by atoms with Crippen LogP contribution in [0.25, 0.3) is 0 Å². The molecule has 0 saturated heterocycles. The molecule has 14 heavy (non-hydrogen) atoms. The molecule has 1 aromatic rings. The Bertz CT molecular complexity index is 359. The number of rotatable bonds is 3. The summed E-state index contributed by atoms with van der Waals surface area (Å²) in [5, 5.41) is 0. The lowest BCUT2D eigenvalue weighted by atomic mass is 10.1. The van der Waals surface area contributed by atoms with E-state index in [0.717, 1.165) is 5.56 Å². The quantitative estimate of drug-likeness (QED) is 0.412. The highest BCUT2D eigenvalue weighted by atomic mass is 16.5. The van der Waals surface area contributed by atoms with Gasteiger partial charge >= 0.3 is 5.97 Å². The van der Waals surface area contributed by atoms with Crippen molar-refractivity contribution in [2.45, 2.75) is 6.42 Å². The summed E-state index contributed by atoms with van der Waals surface area (Å²) in [5.41, 5.74) is 4.10. The van der Waals surface area contributed by atoms with Gasteiger partial charge in [0.05, 0.1) is 12.7 Å². The van der Waals surface area contributed by atoms with Gasteiger partial charge < -0.3 is 4.74 Å². The van der Waals surface area contributed by atoms with E-state index in [1.807, 2.05) is 30.3 Å². The van der Waals surface area contributed by atoms with Crippen LogP contribution in [0.2, 0.25) is 0 Å². The maximum absolute atomic E-state index is 11.2. The van der Waals surface area contributed by atoms with E-state index >= 15 is 0 Å². The second-order valence-corrected chi connectivity index (χ2v) is 2.81. The van der Waals surface area contributed by atoms with Gasteiger partial charge in [-0.25, -0.2) is 4.79 Å². The molecule has 0 saturated carbocycles. The van der Waals surface area contributed by atoms with E-state index in [1.54, 1.807) is 0 Å². The first-order chi connectivity index (χ1) is 6.77. The van der Waals surface area contributed by atoms with Gasteiger partial charge in [-0.2, -0.15) is 0 Å². The fourth-order valence-electron chi connectivity index (χ4n) is 1.13. The lowest BCUT2D eigenvalue weighted by Crippen LogP contribution is -2.06. The molecule has 0 N–H and O–H groups in total. The smallest absolute Gasteiger partial charge is 0.341 e. The molecule has 2 heteroatoms. The summed E-state index contributed by atoms with van der Waals surface area (Å²) in [6, 6.07) is 9.67. The van der Waals surface area contributed by atoms with Crippen LogP contribution in [0.5, 0.6) is 0 Å². The Hall–Kier alpha value is -1.79. The zero-order valence-corrected chi connectivity index (χ0v) is 8.12. The third kappa shape index (κ3) is 2.61. The van der Waals surface area contributed by atoms with E-state index < -0.39 is 0 Å². The fourth-order valence-corrected chi connectivity index (χ4v) is 1.13. The third-order valence-corrected chi connectivity index (χ3v) is 1.87. The number of methoxy groups -OCH3 is 1. The lowest BCUT2D eigenvalue weighted by Gasteiger charge is -2.02. The summed E-state index contributed by atoms with van der Waals surface area (Å²) in [6.45, 7) is 3.46. The van der Waals surface area contributed by atoms with Gasteiger partial charge in [0.25, 0.3) is 0 Å². The summed E-state index contributed by atoms with van der Waals surface area (Å²) in [5.74, 6) is -0.371. The highest BCUT2D eigenvalue weighted by Crippen LogP contribution is 2.07. The maximum atomic E-state index is 11.2. The van der Waals surface area contributed by atoms with Gasteiger partial charge in [-0.1, -0.05) is 36.9 Å². The Kier molecular flexibility index (Phi) is 3.71. The van der Waals surface area contributed by atoms with Gasteiger partial charge in [-0.3, -0.25) is 0 Å². The molecule has 0 aromatic heterocycles. The van der Waals surface area contributed by atoms with Crippen LogP contribution < -0.4 is 0 Å². The number of carbonyl (C=O) groups excluding carboxylic acids is 1. The Labute approximate surface area is 83.5 Å². The van der Waals surface area contributed by atoms with Gasteiger partial charge in [-0.05, 0) is 5.56 Å². The molecule has 0 amide bonds. The Balaban J connectivity index is 2.78. The molecule has 2 nitrogen and oxygen atoms in total. The summed E-state index contributed by atoms with van der Waals surface area (Å²) in [4.78, 5) is 11.2. The first kappa shape index (κ1) is 10.3. The number of hydrogen-bond donors (Lipinski definition) is 0. The Morgan fingerprint density at radius 1 is 1.43 bits per heavy atom. The molecule has 0 bridgehead atoms. The normalized spacial score (nSPS) is 8.93. The van der Waals surface area contributed by atoms with Crippen molar-refractivity contribution in [1.29, 1.82) is 0 Å². The summed E-state index contributed by atoms with van der Waals surface area (Å²) >= 11 is 0. The SMILES string of the molecule is C=C=C(Cc1ccccc1)C(=O)OC. The second kappa shape index (κ2) is 5.05. The summed E-state index contributed by atoms with van der Waals surface area (Å²) in [6.07, 6.45) is 0.511. The molecule has 0 aliphatic carbocycles. The molecule has 1 aromatic carbocycles. The van der Waals surface area contributed by atoms with Crippen LogP contribution in [0.15, 0.2) is 48.2 Å². The third-order valence-electron chi connectivity index (χ3n) is 1.87. The first-order valence-corrected chi connectivity index (χ1v) is 4.29. The van der Waals surface area contributed by atoms with Crippen LogP contribution in [0.1, 0.15) is 5.56 Å². The molecule has 0 atom stereocenters. The van der Waals surface area contributed by atoms with Gasteiger partial charge in [0.15, 0.2) is 0 Å². The number of carbonyl (C=O) groups is 1. The minimum Gasteiger partial charge on any atom is -0.465 e. The molecule has 0 radical (unpaired) electrons. The zero-order valence-electron chi connectivity index (χ0n) is 8.12. The van der Waals surface area contributed by atoms with Crippen molar-refractivity contribution in [2.24, 2.45) is 0 Å². The number of hydrogen-bond acceptors (Lipinski definition) is 2. The molecule has 0 spiro atoms. The van der Waals surface area contributed by atoms with Gasteiger partial charge in [0.2, 0.25) is 0 Å². The minimum absolute atomic E-state index is 0.371. The predicted octanol–water partition coefficient (Wildman–Crippen LogP) is 2.11. The first-order valence-electron chi connectivity index (χ1n) is 4.29. The highest BCUT2D eigenvalue weighted by Gasteiger charge is 2.08. The van der Waals surface area contributed by atoms with Crippen LogP contribution in [-0.2, 0) is 16.0 Å². The van der Waals surface area contributed by atoms with Crippen molar-refractivity contribution in [1.82, 2.24) is 0 Å². The van der Waals surface area contributed by atoms with Crippen molar-refractivity contribution < 1.29 is 9.53 Å². The van der Waals surface area contributed by atoms with Crippen molar-refractivity contribution in [3.63, 3.8) is 0 Å². The number of benzene rings is 1. The number of ether oxygens (including phenoxy) is 1. The molecule has 0 fully saturated rings. The van der Waals surface area contributed by atoms with Crippen LogP contribution in [0, 0.1) is 0 Å². The highest BCUT2D eigenvalue weighted by molar-refractivity contribution is 5.88. The van der Waals surface area contributed by atoms with Gasteiger partial charge in [-0.15, -0.1) is 5.73 Å². The van der Waals surface area contributed by atoms with Crippen LogP contribution in [0.3, 0.4) is 0 Å². The zero-order chi connectivity index (χ0) is 10.4. The van der Waals surface area contributed by atoms with E-state index in [-0.39, 0.29) is 5.97 Å². The average molecular weight is 188 g/mol. The Morgan fingerprint density at radius 2 is 2.07 bits per heavy atom. The topological polar surface area (TPSA) is 26.3 Å². The predicted molar refractivity (Wildman–Crippen MR) is 54.8 cm³/mol. The van der Waals surface area contributed by atoms with Crippen molar-refractivity contribution in [2.75, 3.05) is 7.11 Å². The molecule has 0 aliphatic rings. The van der Waals surface area contributed by atoms with Gasteiger partial charge in [0.1, 0.15) is 0 Å². The van der Waals surface area contributed by atoms with E-state index in [0.29, 0.717) is 12.0 Å². The van der Waals surface area contributed by atoms with E-state index in [1.165, 1.54) is 7.11 Å². The summed E-state index contributed by atoms with van der Waals surface area (Å²) in [7, 11) is 1.35. The van der Waals surface area contributed by atoms with Crippen molar-refractivity contribution >= 4 is 5.97 Å². The fraction of sp³-hybridized carbons (Fsp3) is 0.167. The van der Waals surface area contributed by atoms with Gasteiger partial charge in [0, 0.05) is 6.42 Å². The Morgan fingerprint density at radius 3 is 2.57 bits per heavy atom. The van der Waals surface area contributed by atoms with Crippen molar-refractivity contribution in [3.8, 4) is 0 Å². The average Bonchev–Trinajstić information content (AvgIpc) is 2.26. The monoisotopic (exact) mass is 188 g/mol. The summed E-state index contributed by atoms with van der Waals surface area (Å²) < 4.78 is 4.60.